The van der Waals surface area contributed by atoms with Crippen LogP contribution in [-0.4, -0.2) is 17.0 Å². The van der Waals surface area contributed by atoms with Crippen molar-refractivity contribution in [3.63, 3.8) is 0 Å². The van der Waals surface area contributed by atoms with Crippen LogP contribution in [0.5, 0.6) is 0 Å². The number of hydrogen-bond acceptors (Lipinski definition) is 2. The smallest absolute Gasteiger partial charge is 0.337 e. The van der Waals surface area contributed by atoms with Crippen molar-refractivity contribution in [2.75, 3.05) is 5.32 Å². The summed E-state index contributed by atoms with van der Waals surface area (Å²) >= 11 is 3.05. The zero-order valence-corrected chi connectivity index (χ0v) is 11.9. The summed E-state index contributed by atoms with van der Waals surface area (Å²) in [6, 6.07) is 6.62. The van der Waals surface area contributed by atoms with Gasteiger partial charge in [0.15, 0.2) is 0 Å². The number of amides is 1. The molecule has 21 heavy (non-hydrogen) atoms. The molecule has 0 aliphatic carbocycles. The highest BCUT2D eigenvalue weighted by molar-refractivity contribution is 9.10. The van der Waals surface area contributed by atoms with Crippen LogP contribution in [0.2, 0.25) is 0 Å². The van der Waals surface area contributed by atoms with Gasteiger partial charge in [-0.1, -0.05) is 15.9 Å². The maximum Gasteiger partial charge on any atom is 0.337 e. The van der Waals surface area contributed by atoms with Crippen LogP contribution >= 0.6 is 15.9 Å². The second-order valence-corrected chi connectivity index (χ2v) is 4.99. The highest BCUT2D eigenvalue weighted by atomic mass is 79.9. The maximum atomic E-state index is 13.7. The third-order valence-corrected chi connectivity index (χ3v) is 3.13. The summed E-state index contributed by atoms with van der Waals surface area (Å²) < 4.78 is 27.3. The van der Waals surface area contributed by atoms with E-state index in [1.54, 1.807) is 0 Å². The SMILES string of the molecule is O=C(Nc1cc(F)ccc1C(=O)O)c1ccc(Br)cc1F. The first kappa shape index (κ1) is 15.1. The molecule has 2 aromatic carbocycles. The summed E-state index contributed by atoms with van der Waals surface area (Å²) in [5, 5.41) is 11.2. The fraction of sp³-hybridized carbons (Fsp3) is 0. The minimum absolute atomic E-state index is 0.241. The summed E-state index contributed by atoms with van der Waals surface area (Å²) in [4.78, 5) is 23.0. The van der Waals surface area contributed by atoms with Gasteiger partial charge in [0.25, 0.3) is 5.91 Å². The standard InChI is InChI=1S/C14H8BrF2NO3/c15-7-1-3-9(11(17)5-7)13(19)18-12-6-8(16)2-4-10(12)14(20)21/h1-6H,(H,18,19)(H,20,21). The summed E-state index contributed by atoms with van der Waals surface area (Å²) in [6.45, 7) is 0. The molecule has 2 aromatic rings. The number of halogens is 3. The average Bonchev–Trinajstić information content (AvgIpc) is 2.37. The van der Waals surface area contributed by atoms with E-state index in [0.29, 0.717) is 4.47 Å². The molecule has 0 spiro atoms. The van der Waals surface area contributed by atoms with E-state index in [1.807, 2.05) is 0 Å². The van der Waals surface area contributed by atoms with Crippen molar-refractivity contribution < 1.29 is 23.5 Å². The summed E-state index contributed by atoms with van der Waals surface area (Å²) in [7, 11) is 0. The number of aromatic carboxylic acids is 1. The van der Waals surface area contributed by atoms with Gasteiger partial charge in [-0.05, 0) is 36.4 Å². The van der Waals surface area contributed by atoms with Gasteiger partial charge in [-0.2, -0.15) is 0 Å². The van der Waals surface area contributed by atoms with Gasteiger partial charge in [-0.15, -0.1) is 0 Å². The van der Waals surface area contributed by atoms with Gasteiger partial charge in [0.2, 0.25) is 0 Å². The fourth-order valence-corrected chi connectivity index (χ4v) is 2.00. The van der Waals surface area contributed by atoms with Gasteiger partial charge >= 0.3 is 5.97 Å². The molecule has 2 rings (SSSR count). The molecule has 0 saturated carbocycles. The highest BCUT2D eigenvalue weighted by Crippen LogP contribution is 2.20. The van der Waals surface area contributed by atoms with Crippen molar-refractivity contribution in [3.05, 3.63) is 63.6 Å². The topological polar surface area (TPSA) is 66.4 Å². The number of benzene rings is 2. The number of hydrogen-bond donors (Lipinski definition) is 2. The quantitative estimate of drug-likeness (QED) is 0.882. The van der Waals surface area contributed by atoms with Crippen LogP contribution < -0.4 is 5.32 Å². The number of carbonyl (C=O) groups is 2. The van der Waals surface area contributed by atoms with Crippen LogP contribution in [0.1, 0.15) is 20.7 Å². The first-order valence-corrected chi connectivity index (χ1v) is 6.47. The van der Waals surface area contributed by atoms with Crippen molar-refractivity contribution >= 4 is 33.5 Å². The Hall–Kier alpha value is -2.28. The van der Waals surface area contributed by atoms with Crippen LogP contribution in [0, 0.1) is 11.6 Å². The maximum absolute atomic E-state index is 13.7. The molecular formula is C14H8BrF2NO3. The molecule has 0 bridgehead atoms. The van der Waals surface area contributed by atoms with E-state index in [-0.39, 0.29) is 16.8 Å². The Morgan fingerprint density at radius 3 is 2.33 bits per heavy atom. The molecule has 1 amide bonds. The molecule has 4 nitrogen and oxygen atoms in total. The molecule has 2 N–H and O–H groups in total. The van der Waals surface area contributed by atoms with Gasteiger partial charge in [-0.3, -0.25) is 4.79 Å². The van der Waals surface area contributed by atoms with E-state index < -0.39 is 23.5 Å². The molecule has 0 aromatic heterocycles. The first-order valence-electron chi connectivity index (χ1n) is 5.67. The third kappa shape index (κ3) is 3.43. The Bertz CT molecular complexity index is 734. The molecule has 0 aliphatic heterocycles. The monoisotopic (exact) mass is 355 g/mol. The second-order valence-electron chi connectivity index (χ2n) is 4.07. The van der Waals surface area contributed by atoms with Crippen molar-refractivity contribution in [2.24, 2.45) is 0 Å². The van der Waals surface area contributed by atoms with E-state index in [1.165, 1.54) is 12.1 Å². The third-order valence-electron chi connectivity index (χ3n) is 2.64. The zero-order valence-electron chi connectivity index (χ0n) is 10.4. The van der Waals surface area contributed by atoms with Crippen molar-refractivity contribution in [3.8, 4) is 0 Å². The molecule has 7 heteroatoms. The molecule has 0 saturated heterocycles. The van der Waals surface area contributed by atoms with Crippen molar-refractivity contribution in [1.82, 2.24) is 0 Å². The lowest BCUT2D eigenvalue weighted by Crippen LogP contribution is -2.16. The van der Waals surface area contributed by atoms with Crippen LogP contribution in [0.3, 0.4) is 0 Å². The molecule has 0 heterocycles. The lowest BCUT2D eigenvalue weighted by atomic mass is 10.1. The molecular weight excluding hydrogens is 348 g/mol. The van der Waals surface area contributed by atoms with Crippen molar-refractivity contribution in [2.45, 2.75) is 0 Å². The van der Waals surface area contributed by atoms with E-state index in [4.69, 9.17) is 5.11 Å². The number of carbonyl (C=O) groups excluding carboxylic acids is 1. The highest BCUT2D eigenvalue weighted by Gasteiger charge is 2.17. The molecule has 0 unspecified atom stereocenters. The van der Waals surface area contributed by atoms with E-state index in [2.05, 4.69) is 21.2 Å². The number of carboxylic acid groups (broad SMARTS) is 1. The predicted octanol–water partition coefficient (Wildman–Crippen LogP) is 3.68. The van der Waals surface area contributed by atoms with E-state index in [0.717, 1.165) is 24.3 Å². The summed E-state index contributed by atoms with van der Waals surface area (Å²) in [6.07, 6.45) is 0. The number of carboxylic acids is 1. The van der Waals surface area contributed by atoms with Crippen LogP contribution in [0.25, 0.3) is 0 Å². The van der Waals surface area contributed by atoms with Crippen LogP contribution in [0.4, 0.5) is 14.5 Å². The molecule has 108 valence electrons. The van der Waals surface area contributed by atoms with Gasteiger partial charge in [-0.25, -0.2) is 13.6 Å². The normalized spacial score (nSPS) is 10.2. The van der Waals surface area contributed by atoms with Gasteiger partial charge in [0.1, 0.15) is 11.6 Å². The lowest BCUT2D eigenvalue weighted by molar-refractivity contribution is 0.0698. The fourth-order valence-electron chi connectivity index (χ4n) is 1.67. The Morgan fingerprint density at radius 1 is 1.05 bits per heavy atom. The lowest BCUT2D eigenvalue weighted by Gasteiger charge is -2.09. The first-order chi connectivity index (χ1) is 9.88. The van der Waals surface area contributed by atoms with Gasteiger partial charge in [0.05, 0.1) is 16.8 Å². The molecule has 0 aliphatic rings. The minimum Gasteiger partial charge on any atom is -0.478 e. The van der Waals surface area contributed by atoms with Gasteiger partial charge in [0, 0.05) is 4.47 Å². The van der Waals surface area contributed by atoms with Crippen LogP contribution in [-0.2, 0) is 0 Å². The van der Waals surface area contributed by atoms with Crippen molar-refractivity contribution in [1.29, 1.82) is 0 Å². The van der Waals surface area contributed by atoms with Crippen LogP contribution in [0.15, 0.2) is 40.9 Å². The second kappa shape index (κ2) is 6.01. The largest absolute Gasteiger partial charge is 0.478 e. The van der Waals surface area contributed by atoms with E-state index >= 15 is 0 Å². The zero-order chi connectivity index (χ0) is 15.6. The van der Waals surface area contributed by atoms with E-state index in [9.17, 15) is 18.4 Å². The number of anilines is 1. The average molecular weight is 356 g/mol. The molecule has 0 atom stereocenters. The predicted molar refractivity (Wildman–Crippen MR) is 75.4 cm³/mol. The molecule has 0 fully saturated rings. The van der Waals surface area contributed by atoms with Gasteiger partial charge < -0.3 is 10.4 Å². The Balaban J connectivity index is 2.35. The number of rotatable bonds is 3. The minimum atomic E-state index is -1.33. The number of nitrogens with one attached hydrogen (secondary N) is 1. The molecule has 0 radical (unpaired) electrons. The Morgan fingerprint density at radius 2 is 1.71 bits per heavy atom. The summed E-state index contributed by atoms with van der Waals surface area (Å²) in [5.74, 6) is -3.70. The Labute approximate surface area is 126 Å². The Kier molecular flexibility index (Phi) is 4.32. The summed E-state index contributed by atoms with van der Waals surface area (Å²) in [5.41, 5.74) is -0.809.